The predicted octanol–water partition coefficient (Wildman–Crippen LogP) is 2.75. The molecule has 0 amide bonds. The molecule has 0 saturated carbocycles. The van der Waals surface area contributed by atoms with Gasteiger partial charge in [-0.3, -0.25) is 0 Å². The number of halogens is 4. The van der Waals surface area contributed by atoms with Gasteiger partial charge in [-0.25, -0.2) is 22.6 Å². The van der Waals surface area contributed by atoms with Crippen molar-refractivity contribution in [3.05, 3.63) is 46.0 Å². The lowest BCUT2D eigenvalue weighted by Gasteiger charge is -2.08. The first kappa shape index (κ1) is 14.3. The van der Waals surface area contributed by atoms with E-state index in [-0.39, 0.29) is 17.1 Å². The monoisotopic (exact) mass is 305 g/mol. The Morgan fingerprint density at radius 3 is 2.75 bits per heavy atom. The van der Waals surface area contributed by atoms with Crippen molar-refractivity contribution in [1.29, 1.82) is 0 Å². The minimum Gasteiger partial charge on any atom is -0.476 e. The first-order valence-electron chi connectivity index (χ1n) is 5.29. The largest absolute Gasteiger partial charge is 0.476 e. The zero-order chi connectivity index (χ0) is 14.9. The van der Waals surface area contributed by atoms with Gasteiger partial charge in [0.05, 0.1) is 6.54 Å². The first-order chi connectivity index (χ1) is 9.40. The molecule has 5 nitrogen and oxygen atoms in total. The summed E-state index contributed by atoms with van der Waals surface area (Å²) in [4.78, 5) is 10.8. The molecule has 0 aliphatic rings. The molecule has 9 heteroatoms. The lowest BCUT2D eigenvalue weighted by molar-refractivity contribution is 0.0675. The number of alkyl halides is 2. The minimum atomic E-state index is -3.08. The predicted molar refractivity (Wildman–Crippen MR) is 62.5 cm³/mol. The standard InChI is InChI=1S/C11H7ClF3N3O2/c12-7-2-1-6(13)3-5(7)4-18-9(10(14)15)8(11(19)20)16-17-18/h1-3,10H,4H2,(H,19,20). The number of rotatable bonds is 4. The van der Waals surface area contributed by atoms with Crippen LogP contribution in [-0.2, 0) is 6.54 Å². The first-order valence-corrected chi connectivity index (χ1v) is 5.66. The molecule has 106 valence electrons. The van der Waals surface area contributed by atoms with Crippen molar-refractivity contribution in [2.75, 3.05) is 0 Å². The summed E-state index contributed by atoms with van der Waals surface area (Å²) in [5.74, 6) is -2.21. The molecule has 2 rings (SSSR count). The summed E-state index contributed by atoms with van der Waals surface area (Å²) in [6.45, 7) is -0.309. The molecule has 1 heterocycles. The Bertz CT molecular complexity index is 660. The van der Waals surface area contributed by atoms with E-state index in [9.17, 15) is 18.0 Å². The molecule has 0 radical (unpaired) electrons. The molecular formula is C11H7ClF3N3O2. The Morgan fingerprint density at radius 2 is 2.15 bits per heavy atom. The lowest BCUT2D eigenvalue weighted by Crippen LogP contribution is -2.10. The van der Waals surface area contributed by atoms with Crippen LogP contribution in [0, 0.1) is 5.82 Å². The Balaban J connectivity index is 2.43. The summed E-state index contributed by atoms with van der Waals surface area (Å²) < 4.78 is 39.6. The van der Waals surface area contributed by atoms with E-state index in [0.29, 0.717) is 4.68 Å². The van der Waals surface area contributed by atoms with E-state index in [1.807, 2.05) is 0 Å². The highest BCUT2D eigenvalue weighted by atomic mass is 35.5. The summed E-state index contributed by atoms with van der Waals surface area (Å²) in [6.07, 6.45) is -3.08. The third-order valence-electron chi connectivity index (χ3n) is 2.51. The number of aromatic nitrogens is 3. The van der Waals surface area contributed by atoms with E-state index < -0.39 is 29.6 Å². The molecule has 1 aromatic carbocycles. The Kier molecular flexibility index (Phi) is 3.93. The van der Waals surface area contributed by atoms with Crippen molar-refractivity contribution in [3.8, 4) is 0 Å². The molecule has 1 N–H and O–H groups in total. The number of carboxylic acid groups (broad SMARTS) is 1. The highest BCUT2D eigenvalue weighted by Gasteiger charge is 2.26. The minimum absolute atomic E-state index is 0.152. The second kappa shape index (κ2) is 5.49. The van der Waals surface area contributed by atoms with E-state index in [2.05, 4.69) is 10.3 Å². The molecule has 0 atom stereocenters. The topological polar surface area (TPSA) is 68.0 Å². The van der Waals surface area contributed by atoms with Gasteiger partial charge in [-0.2, -0.15) is 0 Å². The third-order valence-corrected chi connectivity index (χ3v) is 2.88. The van der Waals surface area contributed by atoms with Crippen LogP contribution in [0.15, 0.2) is 18.2 Å². The highest BCUT2D eigenvalue weighted by Crippen LogP contribution is 2.24. The van der Waals surface area contributed by atoms with Crippen LogP contribution in [0.5, 0.6) is 0 Å². The van der Waals surface area contributed by atoms with Gasteiger partial charge >= 0.3 is 5.97 Å². The number of benzene rings is 1. The van der Waals surface area contributed by atoms with Gasteiger partial charge in [0.1, 0.15) is 11.5 Å². The van der Waals surface area contributed by atoms with Gasteiger partial charge in [-0.05, 0) is 23.8 Å². The SMILES string of the molecule is O=C(O)c1nnn(Cc2cc(F)ccc2Cl)c1C(F)F. The van der Waals surface area contributed by atoms with Crippen molar-refractivity contribution in [3.63, 3.8) is 0 Å². The van der Waals surface area contributed by atoms with Gasteiger partial charge in [-0.1, -0.05) is 16.8 Å². The number of carbonyl (C=O) groups is 1. The Labute approximate surface area is 115 Å². The van der Waals surface area contributed by atoms with Crippen LogP contribution in [0.25, 0.3) is 0 Å². The molecule has 20 heavy (non-hydrogen) atoms. The van der Waals surface area contributed by atoms with Crippen LogP contribution in [-0.4, -0.2) is 26.1 Å². The molecule has 0 bridgehead atoms. The van der Waals surface area contributed by atoms with Crippen molar-refractivity contribution < 1.29 is 23.1 Å². The summed E-state index contributed by atoms with van der Waals surface area (Å²) in [5.41, 5.74) is -1.50. The van der Waals surface area contributed by atoms with E-state index in [0.717, 1.165) is 12.1 Å². The van der Waals surface area contributed by atoms with Gasteiger partial charge in [0.25, 0.3) is 6.43 Å². The maximum Gasteiger partial charge on any atom is 0.358 e. The van der Waals surface area contributed by atoms with Crippen molar-refractivity contribution >= 4 is 17.6 Å². The Morgan fingerprint density at radius 1 is 1.45 bits per heavy atom. The number of nitrogens with zero attached hydrogens (tertiary/aromatic N) is 3. The second-order valence-corrected chi connectivity index (χ2v) is 4.23. The average Bonchev–Trinajstić information content (AvgIpc) is 2.78. The number of carboxylic acids is 1. The van der Waals surface area contributed by atoms with Crippen LogP contribution in [0.4, 0.5) is 13.2 Å². The summed E-state index contributed by atoms with van der Waals surface area (Å²) in [6, 6.07) is 3.44. The maximum atomic E-state index is 13.1. The van der Waals surface area contributed by atoms with Gasteiger partial charge in [0, 0.05) is 5.02 Å². The normalized spacial score (nSPS) is 11.1. The van der Waals surface area contributed by atoms with E-state index in [1.54, 1.807) is 0 Å². The van der Waals surface area contributed by atoms with E-state index >= 15 is 0 Å². The van der Waals surface area contributed by atoms with Crippen LogP contribution in [0.1, 0.15) is 28.2 Å². The van der Waals surface area contributed by atoms with Gasteiger partial charge in [0.2, 0.25) is 0 Å². The number of aromatic carboxylic acids is 1. The molecule has 0 aliphatic heterocycles. The molecule has 0 aliphatic carbocycles. The fraction of sp³-hybridized carbons (Fsp3) is 0.182. The zero-order valence-corrected chi connectivity index (χ0v) is 10.5. The lowest BCUT2D eigenvalue weighted by atomic mass is 10.2. The van der Waals surface area contributed by atoms with Crippen LogP contribution in [0.3, 0.4) is 0 Å². The summed E-state index contributed by atoms with van der Waals surface area (Å²) >= 11 is 5.82. The van der Waals surface area contributed by atoms with E-state index in [4.69, 9.17) is 16.7 Å². The summed E-state index contributed by atoms with van der Waals surface area (Å²) in [7, 11) is 0. The molecule has 1 aromatic heterocycles. The van der Waals surface area contributed by atoms with E-state index in [1.165, 1.54) is 6.07 Å². The number of hydrogen-bond acceptors (Lipinski definition) is 3. The van der Waals surface area contributed by atoms with Gasteiger partial charge < -0.3 is 5.11 Å². The van der Waals surface area contributed by atoms with Crippen LogP contribution >= 0.6 is 11.6 Å². The van der Waals surface area contributed by atoms with Crippen molar-refractivity contribution in [1.82, 2.24) is 15.0 Å². The highest BCUT2D eigenvalue weighted by molar-refractivity contribution is 6.31. The smallest absolute Gasteiger partial charge is 0.358 e. The Hall–Kier alpha value is -2.09. The third kappa shape index (κ3) is 2.74. The molecule has 0 saturated heterocycles. The van der Waals surface area contributed by atoms with Crippen molar-refractivity contribution in [2.24, 2.45) is 0 Å². The maximum absolute atomic E-state index is 13.1. The molecule has 2 aromatic rings. The van der Waals surface area contributed by atoms with Crippen molar-refractivity contribution in [2.45, 2.75) is 13.0 Å². The average molecular weight is 306 g/mol. The number of hydrogen-bond donors (Lipinski definition) is 1. The molecule has 0 unspecified atom stereocenters. The van der Waals surface area contributed by atoms with Crippen LogP contribution in [0.2, 0.25) is 5.02 Å². The molecule has 0 fully saturated rings. The fourth-order valence-electron chi connectivity index (χ4n) is 1.63. The summed E-state index contributed by atoms with van der Waals surface area (Å²) in [5, 5.41) is 15.4. The molecular weight excluding hydrogens is 299 g/mol. The quantitative estimate of drug-likeness (QED) is 0.943. The van der Waals surface area contributed by atoms with Crippen LogP contribution < -0.4 is 0 Å². The fourth-order valence-corrected chi connectivity index (χ4v) is 1.81. The van der Waals surface area contributed by atoms with Gasteiger partial charge in [0.15, 0.2) is 5.69 Å². The van der Waals surface area contributed by atoms with Gasteiger partial charge in [-0.15, -0.1) is 5.10 Å². The molecule has 0 spiro atoms. The second-order valence-electron chi connectivity index (χ2n) is 3.82. The zero-order valence-electron chi connectivity index (χ0n) is 9.73.